The third-order valence-electron chi connectivity index (χ3n) is 7.48. The number of halogens is 5. The minimum atomic E-state index is -4.68. The number of carbonyl (C=O) groups is 2. The fourth-order valence-electron chi connectivity index (χ4n) is 5.36. The number of nitrogens with one attached hydrogen (secondary N) is 1. The molecule has 1 fully saturated rings. The Labute approximate surface area is 229 Å². The van der Waals surface area contributed by atoms with Crippen molar-refractivity contribution in [3.05, 3.63) is 74.8 Å². The quantitative estimate of drug-likeness (QED) is 0.430. The molecule has 10 heteroatoms. The van der Waals surface area contributed by atoms with Crippen molar-refractivity contribution in [2.75, 3.05) is 27.2 Å². The lowest BCUT2D eigenvalue weighted by Crippen LogP contribution is -2.43. The van der Waals surface area contributed by atoms with Gasteiger partial charge >= 0.3 is 6.18 Å². The molecule has 2 atom stereocenters. The van der Waals surface area contributed by atoms with Gasteiger partial charge in [-0.15, -0.1) is 0 Å². The van der Waals surface area contributed by atoms with Crippen LogP contribution in [0.1, 0.15) is 53.1 Å². The van der Waals surface area contributed by atoms with E-state index in [2.05, 4.69) is 5.32 Å². The molecule has 38 heavy (non-hydrogen) atoms. The highest BCUT2D eigenvalue weighted by Crippen LogP contribution is 2.41. The summed E-state index contributed by atoms with van der Waals surface area (Å²) in [5.41, 5.74) is 0.403. The smallest absolute Gasteiger partial charge is 0.419 e. The molecule has 2 aliphatic rings. The van der Waals surface area contributed by atoms with Gasteiger partial charge in [0.15, 0.2) is 5.78 Å². The number of hydrogen-bond acceptors (Lipinski definition) is 4. The van der Waals surface area contributed by atoms with Gasteiger partial charge in [-0.2, -0.15) is 13.2 Å². The van der Waals surface area contributed by atoms with Crippen LogP contribution in [0.15, 0.2) is 48.0 Å². The van der Waals surface area contributed by atoms with Gasteiger partial charge in [0, 0.05) is 30.5 Å². The van der Waals surface area contributed by atoms with Crippen molar-refractivity contribution < 1.29 is 27.5 Å². The number of benzene rings is 2. The summed E-state index contributed by atoms with van der Waals surface area (Å²) < 4.78 is 45.6. The lowest BCUT2D eigenvalue weighted by atomic mass is 9.75. The summed E-state index contributed by atoms with van der Waals surface area (Å²) in [6, 6.07) is 8.09. The van der Waals surface area contributed by atoms with Crippen molar-refractivity contribution in [1.29, 1.82) is 0 Å². The van der Waals surface area contributed by atoms with Crippen LogP contribution in [-0.2, 0) is 11.0 Å². The van der Waals surface area contributed by atoms with E-state index in [0.717, 1.165) is 50.7 Å². The predicted octanol–water partition coefficient (Wildman–Crippen LogP) is 6.53. The largest absolute Gasteiger partial charge is 0.496 e. The molecule has 1 aliphatic heterocycles. The fraction of sp³-hybridized carbons (Fsp3) is 0.429. The van der Waals surface area contributed by atoms with Gasteiger partial charge in [-0.3, -0.25) is 9.59 Å². The third kappa shape index (κ3) is 6.03. The third-order valence-corrected chi connectivity index (χ3v) is 8.22. The van der Waals surface area contributed by atoms with Crippen LogP contribution in [-0.4, -0.2) is 49.9 Å². The maximum atomic E-state index is 13.6. The molecule has 0 radical (unpaired) electrons. The van der Waals surface area contributed by atoms with Crippen molar-refractivity contribution in [2.45, 2.75) is 43.8 Å². The Bertz CT molecular complexity index is 1240. The molecule has 0 saturated carbocycles. The van der Waals surface area contributed by atoms with E-state index in [1.54, 1.807) is 19.2 Å². The van der Waals surface area contributed by atoms with Crippen molar-refractivity contribution in [2.24, 2.45) is 5.92 Å². The first kappa shape index (κ1) is 28.5. The summed E-state index contributed by atoms with van der Waals surface area (Å²) in [5, 5.41) is 4.00. The van der Waals surface area contributed by atoms with Crippen LogP contribution in [0.2, 0.25) is 10.0 Å². The molecule has 1 unspecified atom stereocenters. The predicted molar refractivity (Wildman–Crippen MR) is 141 cm³/mol. The molecule has 204 valence electrons. The van der Waals surface area contributed by atoms with Gasteiger partial charge in [-0.1, -0.05) is 35.3 Å². The molecular weight excluding hydrogens is 540 g/mol. The number of amides is 1. The monoisotopic (exact) mass is 568 g/mol. The molecule has 1 N–H and O–H groups in total. The normalized spacial score (nSPS) is 20.6. The zero-order valence-corrected chi connectivity index (χ0v) is 22.6. The minimum absolute atomic E-state index is 0.0482. The molecule has 2 aromatic rings. The second-order valence-corrected chi connectivity index (χ2v) is 10.5. The van der Waals surface area contributed by atoms with Gasteiger partial charge in [0.05, 0.1) is 22.7 Å². The first-order chi connectivity index (χ1) is 18.0. The van der Waals surface area contributed by atoms with E-state index < -0.39 is 23.7 Å². The van der Waals surface area contributed by atoms with Crippen LogP contribution in [0.4, 0.5) is 13.2 Å². The number of rotatable bonds is 6. The topological polar surface area (TPSA) is 58.6 Å². The summed E-state index contributed by atoms with van der Waals surface area (Å²) in [6.45, 7) is 1.59. The van der Waals surface area contributed by atoms with Crippen LogP contribution < -0.4 is 10.1 Å². The number of methoxy groups -OCH3 is 1. The number of carbonyl (C=O) groups excluding carboxylic acids is 2. The summed E-state index contributed by atoms with van der Waals surface area (Å²) >= 11 is 12.4. The number of allylic oxidation sites excluding steroid dienone is 1. The molecule has 1 aliphatic carbocycles. The van der Waals surface area contributed by atoms with Crippen LogP contribution in [0.5, 0.6) is 5.75 Å². The Morgan fingerprint density at radius 2 is 1.76 bits per heavy atom. The molecule has 0 bridgehead atoms. The molecule has 4 rings (SSSR count). The summed E-state index contributed by atoms with van der Waals surface area (Å²) in [7, 11) is 2.72. The molecular formula is C28H29Cl2F3N2O3. The maximum Gasteiger partial charge on any atom is 0.419 e. The van der Waals surface area contributed by atoms with Gasteiger partial charge in [0.25, 0.3) is 5.91 Å². The Balaban J connectivity index is 1.67. The summed E-state index contributed by atoms with van der Waals surface area (Å²) in [5.74, 6) is -1.14. The van der Waals surface area contributed by atoms with Gasteiger partial charge in [0.1, 0.15) is 5.75 Å². The van der Waals surface area contributed by atoms with Crippen molar-refractivity contribution in [3.8, 4) is 5.75 Å². The van der Waals surface area contributed by atoms with Gasteiger partial charge in [-0.25, -0.2) is 0 Å². The summed E-state index contributed by atoms with van der Waals surface area (Å²) in [4.78, 5) is 28.2. The molecule has 0 spiro atoms. The van der Waals surface area contributed by atoms with E-state index in [4.69, 9.17) is 27.9 Å². The van der Waals surface area contributed by atoms with Gasteiger partial charge < -0.3 is 15.0 Å². The Morgan fingerprint density at radius 1 is 1.05 bits per heavy atom. The standard InChI is InChI=1S/C28H29Cl2F3N2O3/c1-35(27(37)19-5-8-25(38-2)21(14-19)28(31,32)33)24-7-4-18(26(36)16-9-11-34-12-10-16)13-20(24)17-3-6-22(29)23(30)15-17/h3-6,8,14-16,20,24,34H,7,9-13H2,1-2H3/t20-,24?/m1/s1. The SMILES string of the molecule is COc1ccc(C(=O)N(C)C2CC=C(C(=O)C3CCNCC3)C[C@@H]2c2ccc(Cl)c(Cl)c2)cc1C(F)(F)F. The molecule has 5 nitrogen and oxygen atoms in total. The fourth-order valence-corrected chi connectivity index (χ4v) is 5.67. The van der Waals surface area contributed by atoms with Crippen molar-refractivity contribution in [1.82, 2.24) is 10.2 Å². The van der Waals surface area contributed by atoms with Crippen molar-refractivity contribution >= 4 is 34.9 Å². The highest BCUT2D eigenvalue weighted by Gasteiger charge is 2.38. The molecule has 0 aromatic heterocycles. The number of piperidine rings is 1. The lowest BCUT2D eigenvalue weighted by molar-refractivity contribution is -0.138. The number of Topliss-reactive ketones (excluding diaryl/α,β-unsaturated/α-hetero) is 1. The number of ketones is 1. The van der Waals surface area contributed by atoms with Gasteiger partial charge in [-0.05, 0) is 80.2 Å². The van der Waals surface area contributed by atoms with Crippen LogP contribution >= 0.6 is 23.2 Å². The first-order valence-corrected chi connectivity index (χ1v) is 13.2. The second kappa shape index (κ2) is 11.7. The average molecular weight is 569 g/mol. The number of alkyl halides is 3. The zero-order chi connectivity index (χ0) is 27.6. The van der Waals surface area contributed by atoms with E-state index in [9.17, 15) is 22.8 Å². The van der Waals surface area contributed by atoms with Crippen LogP contribution in [0.3, 0.4) is 0 Å². The number of ether oxygens (including phenoxy) is 1. The number of likely N-dealkylation sites (N-methyl/N-ethyl adjacent to an activating group) is 1. The minimum Gasteiger partial charge on any atom is -0.496 e. The van der Waals surface area contributed by atoms with E-state index in [0.29, 0.717) is 28.5 Å². The summed E-state index contributed by atoms with van der Waals surface area (Å²) in [6.07, 6.45) is -0.494. The Hall–Kier alpha value is -2.55. The second-order valence-electron chi connectivity index (χ2n) is 9.73. The number of nitrogens with zero attached hydrogens (tertiary/aromatic N) is 1. The van der Waals surface area contributed by atoms with E-state index in [-0.39, 0.29) is 28.9 Å². The number of hydrogen-bond donors (Lipinski definition) is 1. The van der Waals surface area contributed by atoms with E-state index >= 15 is 0 Å². The lowest BCUT2D eigenvalue weighted by Gasteiger charge is -2.38. The highest BCUT2D eigenvalue weighted by atomic mass is 35.5. The Kier molecular flexibility index (Phi) is 8.75. The van der Waals surface area contributed by atoms with Crippen LogP contribution in [0.25, 0.3) is 0 Å². The van der Waals surface area contributed by atoms with Gasteiger partial charge in [0.2, 0.25) is 0 Å². The van der Waals surface area contributed by atoms with Crippen LogP contribution in [0, 0.1) is 5.92 Å². The maximum absolute atomic E-state index is 13.6. The zero-order valence-electron chi connectivity index (χ0n) is 21.1. The highest BCUT2D eigenvalue weighted by molar-refractivity contribution is 6.42. The average Bonchev–Trinajstić information content (AvgIpc) is 2.92. The van der Waals surface area contributed by atoms with E-state index in [1.165, 1.54) is 11.0 Å². The van der Waals surface area contributed by atoms with Crippen molar-refractivity contribution in [3.63, 3.8) is 0 Å². The molecule has 1 saturated heterocycles. The molecule has 2 aromatic carbocycles. The molecule has 1 heterocycles. The first-order valence-electron chi connectivity index (χ1n) is 12.4. The molecule has 1 amide bonds. The van der Waals surface area contributed by atoms with E-state index in [1.807, 2.05) is 12.1 Å². The Morgan fingerprint density at radius 3 is 2.39 bits per heavy atom.